The molecule has 0 radical (unpaired) electrons. The first kappa shape index (κ1) is 11.7. The Kier molecular flexibility index (Phi) is 2.71. The fraction of sp³-hybridized carbons (Fsp3) is 0.200. The van der Waals surface area contributed by atoms with Gasteiger partial charge >= 0.3 is 0 Å². The Morgan fingerprint density at radius 2 is 1.63 bits per heavy atom. The maximum atomic E-state index is 5.48. The molecular weight excluding hydrogens is 242 g/mol. The molecule has 0 unspecified atom stereocenters. The number of hydrogen-bond donors (Lipinski definition) is 1. The van der Waals surface area contributed by atoms with Gasteiger partial charge in [-0.25, -0.2) is 0 Å². The van der Waals surface area contributed by atoms with Crippen LogP contribution >= 0.6 is 0 Å². The molecule has 0 saturated heterocycles. The predicted octanol–water partition coefficient (Wildman–Crippen LogP) is 3.35. The van der Waals surface area contributed by atoms with E-state index in [2.05, 4.69) is 11.1 Å². The molecular formula is C15H15NO3. The maximum Gasteiger partial charge on any atom is 0.185 e. The summed E-state index contributed by atoms with van der Waals surface area (Å²) in [5.74, 6) is 2.11. The van der Waals surface area contributed by atoms with E-state index in [-0.39, 0.29) is 0 Å². The molecule has 19 heavy (non-hydrogen) atoms. The van der Waals surface area contributed by atoms with Gasteiger partial charge in [-0.15, -0.1) is 0 Å². The van der Waals surface area contributed by atoms with Gasteiger partial charge in [0, 0.05) is 17.0 Å². The predicted molar refractivity (Wildman–Crippen MR) is 75.5 cm³/mol. The minimum absolute atomic E-state index is 0.651. The van der Waals surface area contributed by atoms with Gasteiger partial charge in [0.25, 0.3) is 0 Å². The second-order valence-electron chi connectivity index (χ2n) is 4.23. The highest BCUT2D eigenvalue weighted by Crippen LogP contribution is 2.44. The Labute approximate surface area is 110 Å². The third-order valence-corrected chi connectivity index (χ3v) is 3.31. The van der Waals surface area contributed by atoms with Crippen molar-refractivity contribution in [3.05, 3.63) is 30.3 Å². The molecule has 1 heterocycles. The van der Waals surface area contributed by atoms with Gasteiger partial charge < -0.3 is 19.2 Å². The number of fused-ring (bicyclic) bond motifs is 3. The lowest BCUT2D eigenvalue weighted by atomic mass is 10.1. The SMILES string of the molecule is COc1cc(OC)c2c([nH]c3ccccc32)c1OC. The highest BCUT2D eigenvalue weighted by molar-refractivity contribution is 6.13. The molecule has 1 aromatic heterocycles. The van der Waals surface area contributed by atoms with Gasteiger partial charge in [-0.05, 0) is 6.07 Å². The summed E-state index contributed by atoms with van der Waals surface area (Å²) in [5.41, 5.74) is 1.93. The van der Waals surface area contributed by atoms with Crippen molar-refractivity contribution in [2.45, 2.75) is 0 Å². The quantitative estimate of drug-likeness (QED) is 0.782. The van der Waals surface area contributed by atoms with E-state index in [1.54, 1.807) is 21.3 Å². The number of hydrogen-bond acceptors (Lipinski definition) is 3. The number of nitrogens with one attached hydrogen (secondary N) is 1. The molecule has 1 N–H and O–H groups in total. The van der Waals surface area contributed by atoms with Crippen LogP contribution in [0.1, 0.15) is 0 Å². The summed E-state index contributed by atoms with van der Waals surface area (Å²) in [4.78, 5) is 3.36. The highest BCUT2D eigenvalue weighted by Gasteiger charge is 2.18. The van der Waals surface area contributed by atoms with Crippen LogP contribution in [-0.4, -0.2) is 26.3 Å². The van der Waals surface area contributed by atoms with Crippen LogP contribution in [0.4, 0.5) is 0 Å². The molecule has 0 aliphatic heterocycles. The third-order valence-electron chi connectivity index (χ3n) is 3.31. The van der Waals surface area contributed by atoms with Crippen molar-refractivity contribution in [3.8, 4) is 17.2 Å². The molecule has 0 atom stereocenters. The van der Waals surface area contributed by atoms with E-state index in [1.807, 2.05) is 24.3 Å². The number of benzene rings is 2. The van der Waals surface area contributed by atoms with Gasteiger partial charge in [0.2, 0.25) is 0 Å². The Bertz CT molecular complexity index is 746. The van der Waals surface area contributed by atoms with Crippen molar-refractivity contribution >= 4 is 21.8 Å². The molecule has 4 heteroatoms. The average molecular weight is 257 g/mol. The number of rotatable bonds is 3. The van der Waals surface area contributed by atoms with Crippen LogP contribution < -0.4 is 14.2 Å². The summed E-state index contributed by atoms with van der Waals surface area (Å²) in [6, 6.07) is 9.93. The number of aromatic nitrogens is 1. The van der Waals surface area contributed by atoms with Crippen LogP contribution in [0.25, 0.3) is 21.8 Å². The van der Waals surface area contributed by atoms with Gasteiger partial charge in [0.1, 0.15) is 5.75 Å². The zero-order valence-electron chi connectivity index (χ0n) is 11.1. The Morgan fingerprint density at radius 1 is 0.895 bits per heavy atom. The number of H-pyrrole nitrogens is 1. The summed E-state index contributed by atoms with van der Waals surface area (Å²) in [5, 5.41) is 2.12. The first-order chi connectivity index (χ1) is 9.30. The summed E-state index contributed by atoms with van der Waals surface area (Å²) < 4.78 is 16.3. The van der Waals surface area contributed by atoms with Gasteiger partial charge in [-0.3, -0.25) is 0 Å². The Hall–Kier alpha value is -2.36. The third kappa shape index (κ3) is 1.60. The monoisotopic (exact) mass is 257 g/mol. The van der Waals surface area contributed by atoms with E-state index < -0.39 is 0 Å². The van der Waals surface area contributed by atoms with E-state index >= 15 is 0 Å². The lowest BCUT2D eigenvalue weighted by Gasteiger charge is -2.11. The van der Waals surface area contributed by atoms with Crippen LogP contribution in [-0.2, 0) is 0 Å². The molecule has 0 aliphatic carbocycles. The second-order valence-corrected chi connectivity index (χ2v) is 4.23. The van der Waals surface area contributed by atoms with Crippen molar-refractivity contribution in [3.63, 3.8) is 0 Å². The van der Waals surface area contributed by atoms with Crippen molar-refractivity contribution < 1.29 is 14.2 Å². The van der Waals surface area contributed by atoms with Gasteiger partial charge in [0.15, 0.2) is 11.5 Å². The summed E-state index contributed by atoms with van der Waals surface area (Å²) in [6.45, 7) is 0. The second kappa shape index (κ2) is 4.39. The minimum atomic E-state index is 0.651. The largest absolute Gasteiger partial charge is 0.496 e. The standard InChI is InChI=1S/C15H15NO3/c1-17-11-8-12(18-2)15(19-3)14-13(11)9-6-4-5-7-10(9)16-14/h4-8,16H,1-3H3. The normalized spacial score (nSPS) is 10.9. The molecule has 3 rings (SSSR count). The van der Waals surface area contributed by atoms with Crippen molar-refractivity contribution in [2.24, 2.45) is 0 Å². The zero-order valence-corrected chi connectivity index (χ0v) is 11.1. The summed E-state index contributed by atoms with van der Waals surface area (Å²) >= 11 is 0. The topological polar surface area (TPSA) is 43.5 Å². The van der Waals surface area contributed by atoms with E-state index in [4.69, 9.17) is 14.2 Å². The molecule has 0 saturated carbocycles. The van der Waals surface area contributed by atoms with E-state index in [1.165, 1.54) is 0 Å². The smallest absolute Gasteiger partial charge is 0.185 e. The lowest BCUT2D eigenvalue weighted by Crippen LogP contribution is -1.93. The summed E-state index contributed by atoms with van der Waals surface area (Å²) in [7, 11) is 4.91. The van der Waals surface area contributed by atoms with Crippen molar-refractivity contribution in [2.75, 3.05) is 21.3 Å². The highest BCUT2D eigenvalue weighted by atomic mass is 16.5. The van der Waals surface area contributed by atoms with Crippen LogP contribution in [0, 0.1) is 0 Å². The molecule has 0 spiro atoms. The van der Waals surface area contributed by atoms with Crippen LogP contribution in [0.5, 0.6) is 17.2 Å². The number of methoxy groups -OCH3 is 3. The molecule has 98 valence electrons. The molecule has 0 fully saturated rings. The molecule has 4 nitrogen and oxygen atoms in total. The number of aromatic amines is 1. The van der Waals surface area contributed by atoms with Gasteiger partial charge in [-0.2, -0.15) is 0 Å². The van der Waals surface area contributed by atoms with Crippen LogP contribution in [0.3, 0.4) is 0 Å². The van der Waals surface area contributed by atoms with Gasteiger partial charge in [0.05, 0.1) is 32.2 Å². The Balaban J connectivity index is 2.52. The molecule has 0 amide bonds. The first-order valence-corrected chi connectivity index (χ1v) is 5.99. The fourth-order valence-electron chi connectivity index (χ4n) is 2.46. The van der Waals surface area contributed by atoms with Crippen molar-refractivity contribution in [1.82, 2.24) is 4.98 Å². The molecule has 2 aromatic carbocycles. The van der Waals surface area contributed by atoms with Crippen molar-refractivity contribution in [1.29, 1.82) is 0 Å². The van der Waals surface area contributed by atoms with E-state index in [9.17, 15) is 0 Å². The number of para-hydroxylation sites is 1. The summed E-state index contributed by atoms with van der Waals surface area (Å²) in [6.07, 6.45) is 0. The molecule has 0 aliphatic rings. The van der Waals surface area contributed by atoms with Crippen LogP contribution in [0.15, 0.2) is 30.3 Å². The lowest BCUT2D eigenvalue weighted by molar-refractivity contribution is 0.353. The average Bonchev–Trinajstić information content (AvgIpc) is 2.84. The minimum Gasteiger partial charge on any atom is -0.496 e. The Morgan fingerprint density at radius 3 is 2.32 bits per heavy atom. The molecule has 3 aromatic rings. The van der Waals surface area contributed by atoms with E-state index in [0.29, 0.717) is 11.5 Å². The van der Waals surface area contributed by atoms with E-state index in [0.717, 1.165) is 27.6 Å². The first-order valence-electron chi connectivity index (χ1n) is 5.99. The maximum absolute atomic E-state index is 5.48. The van der Waals surface area contributed by atoms with Gasteiger partial charge in [-0.1, -0.05) is 18.2 Å². The van der Waals surface area contributed by atoms with Crippen LogP contribution in [0.2, 0.25) is 0 Å². The molecule has 0 bridgehead atoms. The number of ether oxygens (including phenoxy) is 3. The fourth-order valence-corrected chi connectivity index (χ4v) is 2.46. The zero-order chi connectivity index (χ0) is 13.4.